The molecule has 0 aliphatic carbocycles. The van der Waals surface area contributed by atoms with Gasteiger partial charge in [-0.05, 0) is 49.4 Å². The molecule has 0 saturated carbocycles. The van der Waals surface area contributed by atoms with Crippen molar-refractivity contribution in [1.82, 2.24) is 0 Å². The van der Waals surface area contributed by atoms with Gasteiger partial charge in [-0.1, -0.05) is 34.5 Å². The highest BCUT2D eigenvalue weighted by atomic mass is 79.9. The van der Waals surface area contributed by atoms with Crippen LogP contribution < -0.4 is 15.4 Å². The molecule has 0 spiro atoms. The van der Waals surface area contributed by atoms with Gasteiger partial charge in [-0.15, -0.1) is 0 Å². The predicted molar refractivity (Wildman–Crippen MR) is 103 cm³/mol. The van der Waals surface area contributed by atoms with Crippen molar-refractivity contribution in [3.63, 3.8) is 0 Å². The zero-order valence-electron chi connectivity index (χ0n) is 13.8. The number of carbonyl (C=O) groups excluding carboxylic acids is 2. The highest BCUT2D eigenvalue weighted by Gasteiger charge is 2.16. The Morgan fingerprint density at radius 3 is 2.48 bits per heavy atom. The zero-order valence-corrected chi connectivity index (χ0v) is 16.1. The quantitative estimate of drug-likeness (QED) is 0.695. The van der Waals surface area contributed by atoms with Gasteiger partial charge >= 0.3 is 0 Å². The molecule has 132 valence electrons. The molecular formula is C18H18BrClN2O3. The molecule has 2 N–H and O–H groups in total. The molecule has 0 fully saturated rings. The summed E-state index contributed by atoms with van der Waals surface area (Å²) >= 11 is 9.46. The van der Waals surface area contributed by atoms with Gasteiger partial charge in [0.2, 0.25) is 5.91 Å². The van der Waals surface area contributed by atoms with Gasteiger partial charge in [-0.2, -0.15) is 0 Å². The lowest BCUT2D eigenvalue weighted by atomic mass is 10.2. The third-order valence-electron chi connectivity index (χ3n) is 3.32. The Balaban J connectivity index is 2.04. The van der Waals surface area contributed by atoms with Gasteiger partial charge < -0.3 is 15.4 Å². The molecular weight excluding hydrogens is 408 g/mol. The van der Waals surface area contributed by atoms with Crippen molar-refractivity contribution < 1.29 is 14.3 Å². The van der Waals surface area contributed by atoms with E-state index in [1.807, 2.05) is 12.1 Å². The molecule has 2 amide bonds. The maximum Gasteiger partial charge on any atom is 0.265 e. The first kappa shape index (κ1) is 19.3. The molecule has 0 aliphatic rings. The topological polar surface area (TPSA) is 67.4 Å². The fourth-order valence-corrected chi connectivity index (χ4v) is 2.38. The molecule has 5 nitrogen and oxygen atoms in total. The lowest BCUT2D eigenvalue weighted by molar-refractivity contribution is -0.122. The number of carbonyl (C=O) groups is 2. The molecule has 1 atom stereocenters. The molecule has 0 aliphatic heterocycles. The lowest BCUT2D eigenvalue weighted by Gasteiger charge is -2.16. The molecule has 25 heavy (non-hydrogen) atoms. The van der Waals surface area contributed by atoms with Crippen LogP contribution >= 0.6 is 27.5 Å². The highest BCUT2D eigenvalue weighted by molar-refractivity contribution is 9.10. The van der Waals surface area contributed by atoms with E-state index in [2.05, 4.69) is 26.6 Å². The van der Waals surface area contributed by atoms with Crippen LogP contribution in [0.5, 0.6) is 5.75 Å². The standard InChI is InChI=1S/C18H18BrClN2O3/c1-3-17(23)21-13-6-9-15(20)16(10-13)22-18(24)11(2)25-14-7-4-12(19)5-8-14/h4-11H,3H2,1-2H3,(H,21,23)(H,22,24). The smallest absolute Gasteiger partial charge is 0.265 e. The van der Waals surface area contributed by atoms with Gasteiger partial charge in [0.05, 0.1) is 10.7 Å². The number of hydrogen-bond acceptors (Lipinski definition) is 3. The Bertz CT molecular complexity index is 765. The van der Waals surface area contributed by atoms with Crippen molar-refractivity contribution in [3.8, 4) is 5.75 Å². The summed E-state index contributed by atoms with van der Waals surface area (Å²) in [5.41, 5.74) is 0.972. The summed E-state index contributed by atoms with van der Waals surface area (Å²) in [5, 5.41) is 5.81. The number of rotatable bonds is 6. The number of benzene rings is 2. The minimum Gasteiger partial charge on any atom is -0.481 e. The minimum atomic E-state index is -0.717. The molecule has 7 heteroatoms. The van der Waals surface area contributed by atoms with Crippen molar-refractivity contribution >= 4 is 50.7 Å². The first-order valence-corrected chi connectivity index (χ1v) is 8.88. The van der Waals surface area contributed by atoms with Crippen LogP contribution in [0.4, 0.5) is 11.4 Å². The van der Waals surface area contributed by atoms with E-state index in [-0.39, 0.29) is 11.8 Å². The summed E-state index contributed by atoms with van der Waals surface area (Å²) in [5.74, 6) is 0.122. The summed E-state index contributed by atoms with van der Waals surface area (Å²) in [6.45, 7) is 3.41. The number of halogens is 2. The third-order valence-corrected chi connectivity index (χ3v) is 4.18. The average Bonchev–Trinajstić information content (AvgIpc) is 2.59. The maximum absolute atomic E-state index is 12.3. The van der Waals surface area contributed by atoms with Crippen molar-refractivity contribution in [2.45, 2.75) is 26.4 Å². The van der Waals surface area contributed by atoms with Gasteiger partial charge in [-0.3, -0.25) is 9.59 Å². The van der Waals surface area contributed by atoms with Crippen molar-refractivity contribution in [2.24, 2.45) is 0 Å². The van der Waals surface area contributed by atoms with Gasteiger partial charge in [0.15, 0.2) is 6.10 Å². The number of hydrogen-bond donors (Lipinski definition) is 2. The van der Waals surface area contributed by atoms with E-state index in [0.717, 1.165) is 4.47 Å². The average molecular weight is 426 g/mol. The van der Waals surface area contributed by atoms with E-state index in [4.69, 9.17) is 16.3 Å². The zero-order chi connectivity index (χ0) is 18.4. The summed E-state index contributed by atoms with van der Waals surface area (Å²) in [6.07, 6.45) is -0.353. The monoisotopic (exact) mass is 424 g/mol. The minimum absolute atomic E-state index is 0.119. The third kappa shape index (κ3) is 5.76. The van der Waals surface area contributed by atoms with Crippen LogP contribution in [-0.4, -0.2) is 17.9 Å². The van der Waals surface area contributed by atoms with Crippen molar-refractivity contribution in [2.75, 3.05) is 10.6 Å². The van der Waals surface area contributed by atoms with Crippen LogP contribution in [0.25, 0.3) is 0 Å². The molecule has 0 radical (unpaired) electrons. The molecule has 2 aromatic carbocycles. The molecule has 2 aromatic rings. The first-order chi connectivity index (χ1) is 11.9. The number of nitrogens with one attached hydrogen (secondary N) is 2. The Kier molecular flexibility index (Phi) is 6.84. The normalized spacial score (nSPS) is 11.5. The van der Waals surface area contributed by atoms with Gasteiger partial charge in [0, 0.05) is 16.6 Å². The van der Waals surface area contributed by atoms with Crippen LogP contribution in [0, 0.1) is 0 Å². The SMILES string of the molecule is CCC(=O)Nc1ccc(Cl)c(NC(=O)C(C)Oc2ccc(Br)cc2)c1. The van der Waals surface area contributed by atoms with Crippen LogP contribution in [0.15, 0.2) is 46.9 Å². The van der Waals surface area contributed by atoms with E-state index < -0.39 is 6.10 Å². The van der Waals surface area contributed by atoms with Crippen LogP contribution in [0.1, 0.15) is 20.3 Å². The second-order valence-corrected chi connectivity index (χ2v) is 6.62. The summed E-state index contributed by atoms with van der Waals surface area (Å²) < 4.78 is 6.54. The fraction of sp³-hybridized carbons (Fsp3) is 0.222. The molecule has 1 unspecified atom stereocenters. The largest absolute Gasteiger partial charge is 0.481 e. The first-order valence-electron chi connectivity index (χ1n) is 7.71. The second-order valence-electron chi connectivity index (χ2n) is 5.30. The second kappa shape index (κ2) is 8.87. The van der Waals surface area contributed by atoms with Crippen LogP contribution in [-0.2, 0) is 9.59 Å². The maximum atomic E-state index is 12.3. The summed E-state index contributed by atoms with van der Waals surface area (Å²) in [4.78, 5) is 23.8. The number of ether oxygens (including phenoxy) is 1. The van der Waals surface area contributed by atoms with Crippen LogP contribution in [0.3, 0.4) is 0 Å². The summed E-state index contributed by atoms with van der Waals surface area (Å²) in [6, 6.07) is 12.1. The molecule has 0 bridgehead atoms. The predicted octanol–water partition coefficient (Wildman–Crippen LogP) is 4.86. The van der Waals surface area contributed by atoms with E-state index in [1.54, 1.807) is 44.2 Å². The molecule has 0 heterocycles. The van der Waals surface area contributed by atoms with Crippen molar-refractivity contribution in [3.05, 3.63) is 52.0 Å². The Morgan fingerprint density at radius 2 is 1.84 bits per heavy atom. The summed E-state index contributed by atoms with van der Waals surface area (Å²) in [7, 11) is 0. The van der Waals surface area contributed by atoms with E-state index in [9.17, 15) is 9.59 Å². The van der Waals surface area contributed by atoms with E-state index in [0.29, 0.717) is 28.6 Å². The number of amides is 2. The number of anilines is 2. The van der Waals surface area contributed by atoms with E-state index in [1.165, 1.54) is 0 Å². The fourth-order valence-electron chi connectivity index (χ4n) is 1.95. The van der Waals surface area contributed by atoms with Gasteiger partial charge in [-0.25, -0.2) is 0 Å². The lowest BCUT2D eigenvalue weighted by Crippen LogP contribution is -2.30. The van der Waals surface area contributed by atoms with Crippen molar-refractivity contribution in [1.29, 1.82) is 0 Å². The Labute approximate surface area is 159 Å². The van der Waals surface area contributed by atoms with Gasteiger partial charge in [0.1, 0.15) is 5.75 Å². The Hall–Kier alpha value is -2.05. The van der Waals surface area contributed by atoms with E-state index >= 15 is 0 Å². The Morgan fingerprint density at radius 1 is 1.16 bits per heavy atom. The highest BCUT2D eigenvalue weighted by Crippen LogP contribution is 2.26. The molecule has 0 aromatic heterocycles. The molecule has 0 saturated heterocycles. The molecule has 2 rings (SSSR count). The van der Waals surface area contributed by atoms with Gasteiger partial charge in [0.25, 0.3) is 5.91 Å². The van der Waals surface area contributed by atoms with Crippen LogP contribution in [0.2, 0.25) is 5.02 Å².